The molecule has 0 amide bonds. The van der Waals surface area contributed by atoms with Gasteiger partial charge in [-0.05, 0) is 80.2 Å². The highest BCUT2D eigenvalue weighted by atomic mass is 19.1. The quantitative estimate of drug-likeness (QED) is 0.261. The first-order valence-electron chi connectivity index (χ1n) is 10.0. The third kappa shape index (κ3) is 5.91. The minimum Gasteiger partial charge on any atom is -0.285 e. The van der Waals surface area contributed by atoms with Crippen molar-refractivity contribution in [2.24, 2.45) is 4.99 Å². The fraction of sp³-hybridized carbons (Fsp3) is 0.440. The van der Waals surface area contributed by atoms with Crippen molar-refractivity contribution >= 4 is 11.8 Å². The molecule has 1 aromatic carbocycles. The van der Waals surface area contributed by atoms with Gasteiger partial charge in [-0.1, -0.05) is 43.9 Å². The van der Waals surface area contributed by atoms with Gasteiger partial charge in [0.15, 0.2) is 0 Å². The van der Waals surface area contributed by atoms with Crippen molar-refractivity contribution in [3.05, 3.63) is 71.0 Å². The molecule has 0 saturated carbocycles. The minimum absolute atomic E-state index is 0.0740. The van der Waals surface area contributed by atoms with Gasteiger partial charge in [-0.3, -0.25) is 4.99 Å². The summed E-state index contributed by atoms with van der Waals surface area (Å²) in [7, 11) is 0. The van der Waals surface area contributed by atoms with Crippen LogP contribution in [0.5, 0.6) is 0 Å². The monoisotopic (exact) mass is 365 g/mol. The summed E-state index contributed by atoms with van der Waals surface area (Å²) in [5.41, 5.74) is 11.0. The SMILES string of the molecule is C=C=C(CCC(=C)C(CC)/N=C\C=C/CF)c1cc2c(cc1C)CCCC2. The first kappa shape index (κ1) is 21.1. The molecule has 0 aliphatic heterocycles. The summed E-state index contributed by atoms with van der Waals surface area (Å²) in [6.07, 6.45) is 12.4. The fourth-order valence-electron chi connectivity index (χ4n) is 3.77. The van der Waals surface area contributed by atoms with Gasteiger partial charge < -0.3 is 0 Å². The predicted octanol–water partition coefficient (Wildman–Crippen LogP) is 6.75. The number of fused-ring (bicyclic) bond motifs is 1. The Balaban J connectivity index is 2.07. The molecule has 0 spiro atoms. The lowest BCUT2D eigenvalue weighted by Gasteiger charge is -2.20. The molecule has 0 saturated heterocycles. The third-order valence-electron chi connectivity index (χ3n) is 5.36. The summed E-state index contributed by atoms with van der Waals surface area (Å²) < 4.78 is 12.1. The van der Waals surface area contributed by atoms with E-state index in [2.05, 4.69) is 49.9 Å². The molecule has 1 aliphatic rings. The number of aryl methyl sites for hydroxylation is 3. The normalized spacial score (nSPS) is 14.9. The Bertz CT molecular complexity index is 763. The topological polar surface area (TPSA) is 12.4 Å². The molecule has 0 heterocycles. The van der Waals surface area contributed by atoms with Crippen LogP contribution < -0.4 is 0 Å². The van der Waals surface area contributed by atoms with E-state index in [1.807, 2.05) is 0 Å². The molecule has 0 aromatic heterocycles. The minimum atomic E-state index is -0.461. The Morgan fingerprint density at radius 3 is 2.59 bits per heavy atom. The Labute approximate surface area is 164 Å². The van der Waals surface area contributed by atoms with Crippen molar-refractivity contribution in [2.45, 2.75) is 64.8 Å². The number of aliphatic imine (C=N–C) groups is 1. The van der Waals surface area contributed by atoms with Crippen molar-refractivity contribution in [1.29, 1.82) is 0 Å². The van der Waals surface area contributed by atoms with Crippen molar-refractivity contribution in [3.8, 4) is 0 Å². The van der Waals surface area contributed by atoms with Crippen molar-refractivity contribution in [3.63, 3.8) is 0 Å². The van der Waals surface area contributed by atoms with Crippen LogP contribution >= 0.6 is 0 Å². The maximum Gasteiger partial charge on any atom is 0.108 e. The van der Waals surface area contributed by atoms with Crippen LogP contribution in [-0.4, -0.2) is 18.9 Å². The van der Waals surface area contributed by atoms with E-state index in [9.17, 15) is 4.39 Å². The number of hydrogen-bond acceptors (Lipinski definition) is 1. The molecule has 1 aromatic rings. The smallest absolute Gasteiger partial charge is 0.108 e. The lowest BCUT2D eigenvalue weighted by molar-refractivity contribution is 0.562. The lowest BCUT2D eigenvalue weighted by Crippen LogP contribution is -2.07. The summed E-state index contributed by atoms with van der Waals surface area (Å²) in [6, 6.07) is 4.79. The van der Waals surface area contributed by atoms with Crippen LogP contribution in [0.15, 0.2) is 53.7 Å². The average Bonchev–Trinajstić information content (AvgIpc) is 2.68. The van der Waals surface area contributed by atoms with Gasteiger partial charge in [0.2, 0.25) is 0 Å². The largest absolute Gasteiger partial charge is 0.285 e. The van der Waals surface area contributed by atoms with E-state index in [4.69, 9.17) is 0 Å². The summed E-state index contributed by atoms with van der Waals surface area (Å²) in [6.45, 7) is 12.0. The fourth-order valence-corrected chi connectivity index (χ4v) is 3.77. The number of halogens is 1. The van der Waals surface area contributed by atoms with Gasteiger partial charge >= 0.3 is 0 Å². The van der Waals surface area contributed by atoms with Crippen LogP contribution in [0.4, 0.5) is 4.39 Å². The van der Waals surface area contributed by atoms with Crippen LogP contribution in [-0.2, 0) is 12.8 Å². The number of nitrogens with zero attached hydrogens (tertiary/aromatic N) is 1. The molecule has 144 valence electrons. The van der Waals surface area contributed by atoms with Gasteiger partial charge in [-0.2, -0.15) is 0 Å². The predicted molar refractivity (Wildman–Crippen MR) is 116 cm³/mol. The Hall–Kier alpha value is -2.18. The molecule has 27 heavy (non-hydrogen) atoms. The van der Waals surface area contributed by atoms with Gasteiger partial charge in [-0.25, -0.2) is 4.39 Å². The molecule has 2 rings (SSSR count). The molecule has 0 fully saturated rings. The van der Waals surface area contributed by atoms with Crippen LogP contribution in [0.2, 0.25) is 0 Å². The zero-order valence-corrected chi connectivity index (χ0v) is 16.9. The zero-order chi connectivity index (χ0) is 19.6. The molecule has 1 unspecified atom stereocenters. The van der Waals surface area contributed by atoms with E-state index in [1.165, 1.54) is 54.0 Å². The summed E-state index contributed by atoms with van der Waals surface area (Å²) in [5, 5.41) is 0. The highest BCUT2D eigenvalue weighted by Gasteiger charge is 2.15. The second-order valence-electron chi connectivity index (χ2n) is 7.26. The van der Waals surface area contributed by atoms with Crippen molar-refractivity contribution in [1.82, 2.24) is 0 Å². The highest BCUT2D eigenvalue weighted by molar-refractivity contribution is 5.71. The second-order valence-corrected chi connectivity index (χ2v) is 7.26. The van der Waals surface area contributed by atoms with Gasteiger partial charge in [-0.15, -0.1) is 5.73 Å². The van der Waals surface area contributed by atoms with Gasteiger partial charge in [0, 0.05) is 11.8 Å². The van der Waals surface area contributed by atoms with E-state index in [-0.39, 0.29) is 6.04 Å². The van der Waals surface area contributed by atoms with Crippen LogP contribution in [0.1, 0.15) is 61.3 Å². The molecule has 0 bridgehead atoms. The summed E-state index contributed by atoms with van der Waals surface area (Å²) in [4.78, 5) is 4.51. The molecule has 1 aliphatic carbocycles. The Morgan fingerprint density at radius 2 is 1.96 bits per heavy atom. The average molecular weight is 366 g/mol. The zero-order valence-electron chi connectivity index (χ0n) is 16.9. The lowest BCUT2D eigenvalue weighted by atomic mass is 9.85. The molecular weight excluding hydrogens is 333 g/mol. The van der Waals surface area contributed by atoms with E-state index < -0.39 is 6.67 Å². The van der Waals surface area contributed by atoms with E-state index in [0.29, 0.717) is 0 Å². The van der Waals surface area contributed by atoms with Crippen LogP contribution in [0.25, 0.3) is 5.57 Å². The van der Waals surface area contributed by atoms with Crippen molar-refractivity contribution in [2.75, 3.05) is 6.67 Å². The van der Waals surface area contributed by atoms with Crippen molar-refractivity contribution < 1.29 is 4.39 Å². The number of allylic oxidation sites excluding steroid dienone is 3. The standard InChI is InChI=1S/C25H32FN/c1-5-21(14-13-19(3)25(6-2)27-16-10-9-15-26)24-18-23-12-8-7-11-22(23)17-20(24)4/h9-10,16-18,25H,1,3,6-8,11-15H2,2,4H3/b10-9-,27-16-. The number of rotatable bonds is 9. The van der Waals surface area contributed by atoms with Gasteiger partial charge in [0.1, 0.15) is 6.67 Å². The third-order valence-corrected chi connectivity index (χ3v) is 5.36. The molecule has 0 N–H and O–H groups in total. The molecule has 0 radical (unpaired) electrons. The van der Waals surface area contributed by atoms with E-state index in [1.54, 1.807) is 12.3 Å². The van der Waals surface area contributed by atoms with Crippen LogP contribution in [0.3, 0.4) is 0 Å². The molecule has 2 heteroatoms. The second kappa shape index (κ2) is 10.8. The van der Waals surface area contributed by atoms with Gasteiger partial charge in [0.25, 0.3) is 0 Å². The first-order chi connectivity index (χ1) is 13.1. The number of benzene rings is 1. The van der Waals surface area contributed by atoms with E-state index in [0.717, 1.165) is 30.4 Å². The Morgan fingerprint density at radius 1 is 1.26 bits per heavy atom. The summed E-state index contributed by atoms with van der Waals surface area (Å²) >= 11 is 0. The maximum absolute atomic E-state index is 12.1. The molecule has 1 atom stereocenters. The Kier molecular flexibility index (Phi) is 8.48. The molecule has 1 nitrogen and oxygen atoms in total. The maximum atomic E-state index is 12.1. The number of hydrogen-bond donors (Lipinski definition) is 0. The molecular formula is C25H32FN. The highest BCUT2D eigenvalue weighted by Crippen LogP contribution is 2.31. The summed E-state index contributed by atoms with van der Waals surface area (Å²) in [5.74, 6) is 0. The van der Waals surface area contributed by atoms with Gasteiger partial charge in [0.05, 0.1) is 6.04 Å². The van der Waals surface area contributed by atoms with Crippen LogP contribution in [0, 0.1) is 6.92 Å². The first-order valence-corrected chi connectivity index (χ1v) is 10.0. The van der Waals surface area contributed by atoms with E-state index >= 15 is 0 Å². The number of alkyl halides is 1.